The number of halogens is 1. The Kier molecular flexibility index (Phi) is 3.93. The van der Waals surface area contributed by atoms with Crippen molar-refractivity contribution in [1.82, 2.24) is 20.3 Å². The van der Waals surface area contributed by atoms with Crippen molar-refractivity contribution in [2.75, 3.05) is 12.3 Å². The number of nitrogens with one attached hydrogen (secondary N) is 1. The maximum Gasteiger partial charge on any atom is 0.251 e. The fourth-order valence-electron chi connectivity index (χ4n) is 1.48. The molecule has 0 aliphatic heterocycles. The summed E-state index contributed by atoms with van der Waals surface area (Å²) in [5, 5.41) is 10.3. The summed E-state index contributed by atoms with van der Waals surface area (Å²) >= 11 is 3.30. The van der Waals surface area contributed by atoms with Gasteiger partial charge in [0.05, 0.1) is 12.7 Å². The van der Waals surface area contributed by atoms with Gasteiger partial charge in [0.1, 0.15) is 0 Å². The summed E-state index contributed by atoms with van der Waals surface area (Å²) in [5.41, 5.74) is 6.75. The van der Waals surface area contributed by atoms with E-state index in [2.05, 4.69) is 31.6 Å². The van der Waals surface area contributed by atoms with Gasteiger partial charge in [-0.3, -0.25) is 9.48 Å². The van der Waals surface area contributed by atoms with E-state index in [-0.39, 0.29) is 5.91 Å². The number of nitrogens with two attached hydrogens (primary N) is 1. The summed E-state index contributed by atoms with van der Waals surface area (Å²) in [6, 6.07) is 5.10. The Morgan fingerprint density at radius 3 is 2.94 bits per heavy atom. The zero-order chi connectivity index (χ0) is 13.0. The average Bonchev–Trinajstić information content (AvgIpc) is 2.80. The van der Waals surface area contributed by atoms with Crippen molar-refractivity contribution < 1.29 is 4.79 Å². The van der Waals surface area contributed by atoms with Gasteiger partial charge >= 0.3 is 0 Å². The highest BCUT2D eigenvalue weighted by molar-refractivity contribution is 9.10. The zero-order valence-corrected chi connectivity index (χ0v) is 11.1. The van der Waals surface area contributed by atoms with E-state index < -0.39 is 0 Å². The Bertz CT molecular complexity index is 520. The highest BCUT2D eigenvalue weighted by Crippen LogP contribution is 2.17. The molecule has 0 atom stereocenters. The third-order valence-corrected chi connectivity index (χ3v) is 2.74. The maximum absolute atomic E-state index is 11.8. The molecule has 0 unspecified atom stereocenters. The summed E-state index contributed by atoms with van der Waals surface area (Å²) in [5.74, 6) is -0.164. The molecular weight excluding hydrogens is 298 g/mol. The van der Waals surface area contributed by atoms with Gasteiger partial charge in [-0.25, -0.2) is 0 Å². The van der Waals surface area contributed by atoms with E-state index in [1.807, 2.05) is 0 Å². The van der Waals surface area contributed by atoms with E-state index >= 15 is 0 Å². The number of carbonyl (C=O) groups excluding carboxylic acids is 1. The van der Waals surface area contributed by atoms with E-state index in [1.54, 1.807) is 35.3 Å². The Hall–Kier alpha value is -1.89. The minimum atomic E-state index is -0.164. The second-order valence-electron chi connectivity index (χ2n) is 3.70. The molecule has 0 saturated carbocycles. The highest BCUT2D eigenvalue weighted by Gasteiger charge is 2.06. The molecule has 3 N–H and O–H groups in total. The van der Waals surface area contributed by atoms with E-state index in [1.165, 1.54) is 0 Å². The first kappa shape index (κ1) is 12.6. The summed E-state index contributed by atoms with van der Waals surface area (Å²) < 4.78 is 2.43. The first-order chi connectivity index (χ1) is 8.65. The molecule has 0 aliphatic carbocycles. The monoisotopic (exact) mass is 309 g/mol. The van der Waals surface area contributed by atoms with Crippen LogP contribution in [-0.2, 0) is 6.54 Å². The van der Waals surface area contributed by atoms with Crippen LogP contribution in [0.1, 0.15) is 10.4 Å². The standard InChI is InChI=1S/C11H12BrN5O/c12-9-5-8(6-10(13)7-9)11(18)14-1-3-17-4-2-15-16-17/h2,4-7H,1,3,13H2,(H,14,18). The smallest absolute Gasteiger partial charge is 0.251 e. The molecule has 2 rings (SSSR count). The fraction of sp³-hybridized carbons (Fsp3) is 0.182. The zero-order valence-electron chi connectivity index (χ0n) is 9.51. The van der Waals surface area contributed by atoms with Crippen LogP contribution in [0.5, 0.6) is 0 Å². The number of nitrogen functional groups attached to an aromatic ring is 1. The third-order valence-electron chi connectivity index (χ3n) is 2.28. The molecule has 1 heterocycles. The van der Waals surface area contributed by atoms with E-state index in [4.69, 9.17) is 5.73 Å². The van der Waals surface area contributed by atoms with E-state index in [0.717, 1.165) is 4.47 Å². The van der Waals surface area contributed by atoms with Gasteiger partial charge in [0.25, 0.3) is 5.91 Å². The summed E-state index contributed by atoms with van der Waals surface area (Å²) in [6.45, 7) is 1.06. The first-order valence-electron chi connectivity index (χ1n) is 5.33. The SMILES string of the molecule is Nc1cc(Br)cc(C(=O)NCCn2ccnn2)c1. The second-order valence-corrected chi connectivity index (χ2v) is 4.61. The van der Waals surface area contributed by atoms with Crippen LogP contribution in [0.4, 0.5) is 5.69 Å². The predicted octanol–water partition coefficient (Wildman–Crippen LogP) is 1.05. The first-order valence-corrected chi connectivity index (χ1v) is 6.13. The molecule has 94 valence electrons. The molecule has 1 aromatic carbocycles. The number of hydrogen-bond acceptors (Lipinski definition) is 4. The molecule has 0 saturated heterocycles. The van der Waals surface area contributed by atoms with Crippen LogP contribution in [0.25, 0.3) is 0 Å². The molecule has 2 aromatic rings. The topological polar surface area (TPSA) is 85.8 Å². The van der Waals surface area contributed by atoms with Crippen LogP contribution in [0.3, 0.4) is 0 Å². The van der Waals surface area contributed by atoms with Gasteiger partial charge in [-0.2, -0.15) is 0 Å². The summed E-state index contributed by atoms with van der Waals surface area (Å²) in [6.07, 6.45) is 3.33. The molecule has 6 nitrogen and oxygen atoms in total. The Balaban J connectivity index is 1.91. The molecule has 7 heteroatoms. The van der Waals surface area contributed by atoms with Gasteiger partial charge in [-0.15, -0.1) is 5.10 Å². The van der Waals surface area contributed by atoms with Gasteiger partial charge in [0, 0.05) is 28.5 Å². The molecule has 0 spiro atoms. The van der Waals surface area contributed by atoms with Crippen LogP contribution < -0.4 is 11.1 Å². The number of carbonyl (C=O) groups is 1. The number of aromatic nitrogens is 3. The minimum absolute atomic E-state index is 0.164. The van der Waals surface area contributed by atoms with Gasteiger partial charge in [-0.1, -0.05) is 21.1 Å². The van der Waals surface area contributed by atoms with Crippen molar-refractivity contribution in [3.8, 4) is 0 Å². The van der Waals surface area contributed by atoms with Crippen LogP contribution in [0.2, 0.25) is 0 Å². The van der Waals surface area contributed by atoms with Gasteiger partial charge in [0.15, 0.2) is 0 Å². The highest BCUT2D eigenvalue weighted by atomic mass is 79.9. The second kappa shape index (κ2) is 5.63. The van der Waals surface area contributed by atoms with Crippen molar-refractivity contribution in [2.24, 2.45) is 0 Å². The molecule has 18 heavy (non-hydrogen) atoms. The van der Waals surface area contributed by atoms with Gasteiger partial charge in [0.2, 0.25) is 0 Å². The van der Waals surface area contributed by atoms with Crippen molar-refractivity contribution in [2.45, 2.75) is 6.54 Å². The van der Waals surface area contributed by atoms with E-state index in [0.29, 0.717) is 24.3 Å². The summed E-state index contributed by atoms with van der Waals surface area (Å²) in [4.78, 5) is 11.8. The number of amides is 1. The predicted molar refractivity (Wildman–Crippen MR) is 70.9 cm³/mol. The number of benzene rings is 1. The largest absolute Gasteiger partial charge is 0.399 e. The lowest BCUT2D eigenvalue weighted by molar-refractivity contribution is 0.0952. The number of anilines is 1. The van der Waals surface area contributed by atoms with Crippen LogP contribution >= 0.6 is 15.9 Å². The lowest BCUT2D eigenvalue weighted by Gasteiger charge is -2.06. The van der Waals surface area contributed by atoms with Crippen LogP contribution in [0, 0.1) is 0 Å². The molecule has 0 radical (unpaired) electrons. The third kappa shape index (κ3) is 3.30. The molecule has 0 aliphatic rings. The molecular formula is C11H12BrN5O. The van der Waals surface area contributed by atoms with Crippen LogP contribution in [-0.4, -0.2) is 27.4 Å². The normalized spacial score (nSPS) is 10.3. The molecule has 0 bridgehead atoms. The minimum Gasteiger partial charge on any atom is -0.399 e. The summed E-state index contributed by atoms with van der Waals surface area (Å²) in [7, 11) is 0. The van der Waals surface area contributed by atoms with Crippen LogP contribution in [0.15, 0.2) is 35.1 Å². The van der Waals surface area contributed by atoms with Crippen molar-refractivity contribution in [3.63, 3.8) is 0 Å². The quantitative estimate of drug-likeness (QED) is 0.827. The number of hydrogen-bond donors (Lipinski definition) is 2. The Labute approximate surface area is 112 Å². The van der Waals surface area contributed by atoms with Gasteiger partial charge < -0.3 is 11.1 Å². The van der Waals surface area contributed by atoms with E-state index in [9.17, 15) is 4.79 Å². The molecule has 1 aromatic heterocycles. The Morgan fingerprint density at radius 2 is 2.28 bits per heavy atom. The lowest BCUT2D eigenvalue weighted by atomic mass is 10.2. The van der Waals surface area contributed by atoms with Crippen molar-refractivity contribution in [1.29, 1.82) is 0 Å². The fourth-order valence-corrected chi connectivity index (χ4v) is 1.99. The van der Waals surface area contributed by atoms with Crippen molar-refractivity contribution >= 4 is 27.5 Å². The molecule has 1 amide bonds. The average molecular weight is 310 g/mol. The van der Waals surface area contributed by atoms with Crippen molar-refractivity contribution in [3.05, 3.63) is 40.6 Å². The lowest BCUT2D eigenvalue weighted by Crippen LogP contribution is -2.27. The number of nitrogens with zero attached hydrogens (tertiary/aromatic N) is 3. The number of rotatable bonds is 4. The maximum atomic E-state index is 11.8. The molecule has 0 fully saturated rings. The Morgan fingerprint density at radius 1 is 1.44 bits per heavy atom. The van der Waals surface area contributed by atoms with Gasteiger partial charge in [-0.05, 0) is 18.2 Å².